The van der Waals surface area contributed by atoms with Crippen LogP contribution in [0.5, 0.6) is 11.5 Å². The molecule has 30 heavy (non-hydrogen) atoms. The van der Waals surface area contributed by atoms with Gasteiger partial charge in [-0.15, -0.1) is 0 Å². The van der Waals surface area contributed by atoms with Crippen LogP contribution in [0.3, 0.4) is 0 Å². The van der Waals surface area contributed by atoms with Crippen molar-refractivity contribution in [1.29, 1.82) is 0 Å². The molecular formula is C22H20ClNO5S. The fourth-order valence-corrected chi connectivity index (χ4v) is 4.03. The molecule has 0 aliphatic carbocycles. The van der Waals surface area contributed by atoms with E-state index >= 15 is 0 Å². The molecule has 3 rings (SSSR count). The molecule has 0 aliphatic rings. The van der Waals surface area contributed by atoms with Gasteiger partial charge in [-0.25, -0.2) is 0 Å². The number of hydrogen-bond acceptors (Lipinski definition) is 5. The molecule has 0 saturated heterocycles. The summed E-state index contributed by atoms with van der Waals surface area (Å²) >= 11 is 5.81. The molecule has 0 aliphatic heterocycles. The van der Waals surface area contributed by atoms with Crippen molar-refractivity contribution in [2.45, 2.75) is 18.7 Å². The first kappa shape index (κ1) is 21.7. The van der Waals surface area contributed by atoms with E-state index in [-0.39, 0.29) is 16.6 Å². The number of nitrogens with one attached hydrogen (secondary N) is 1. The van der Waals surface area contributed by atoms with Gasteiger partial charge >= 0.3 is 10.1 Å². The summed E-state index contributed by atoms with van der Waals surface area (Å²) in [6, 6.07) is 15.7. The van der Waals surface area contributed by atoms with E-state index in [1.807, 2.05) is 0 Å². The first-order chi connectivity index (χ1) is 14.2. The zero-order chi connectivity index (χ0) is 21.9. The second-order valence-electron chi connectivity index (χ2n) is 6.61. The molecule has 0 atom stereocenters. The molecule has 1 amide bonds. The molecule has 3 aromatic rings. The number of carbonyl (C=O) groups excluding carboxylic acids is 1. The van der Waals surface area contributed by atoms with Crippen molar-refractivity contribution in [3.8, 4) is 11.5 Å². The number of ether oxygens (including phenoxy) is 1. The molecule has 0 fully saturated rings. The van der Waals surface area contributed by atoms with Crippen molar-refractivity contribution >= 4 is 33.3 Å². The lowest BCUT2D eigenvalue weighted by molar-refractivity contribution is 0.102. The zero-order valence-electron chi connectivity index (χ0n) is 16.6. The largest absolute Gasteiger partial charge is 0.497 e. The summed E-state index contributed by atoms with van der Waals surface area (Å²) in [7, 11) is -2.47. The van der Waals surface area contributed by atoms with Gasteiger partial charge in [-0.1, -0.05) is 11.6 Å². The van der Waals surface area contributed by atoms with Crippen molar-refractivity contribution < 1.29 is 22.1 Å². The molecule has 0 bridgehead atoms. The Bertz CT molecular complexity index is 1150. The molecule has 156 valence electrons. The highest BCUT2D eigenvalue weighted by Crippen LogP contribution is 2.30. The minimum atomic E-state index is -4.02. The molecule has 3 aromatic carbocycles. The van der Waals surface area contributed by atoms with Crippen molar-refractivity contribution in [2.75, 3.05) is 12.4 Å². The number of amides is 1. The smallest absolute Gasteiger partial charge is 0.339 e. The number of benzene rings is 3. The lowest BCUT2D eigenvalue weighted by Gasteiger charge is -2.14. The van der Waals surface area contributed by atoms with Gasteiger partial charge in [0.25, 0.3) is 5.91 Å². The fraction of sp³-hybridized carbons (Fsp3) is 0.136. The van der Waals surface area contributed by atoms with Crippen LogP contribution < -0.4 is 14.2 Å². The first-order valence-corrected chi connectivity index (χ1v) is 10.7. The van der Waals surface area contributed by atoms with E-state index in [0.29, 0.717) is 33.1 Å². The van der Waals surface area contributed by atoms with Gasteiger partial charge < -0.3 is 14.2 Å². The molecule has 0 aromatic heterocycles. The lowest BCUT2D eigenvalue weighted by Crippen LogP contribution is -2.14. The molecule has 0 heterocycles. The van der Waals surface area contributed by atoms with E-state index in [9.17, 15) is 13.2 Å². The Morgan fingerprint density at radius 3 is 2.03 bits per heavy atom. The van der Waals surface area contributed by atoms with E-state index in [0.717, 1.165) is 0 Å². The van der Waals surface area contributed by atoms with Crippen molar-refractivity contribution in [3.63, 3.8) is 0 Å². The quantitative estimate of drug-likeness (QED) is 0.541. The van der Waals surface area contributed by atoms with E-state index in [1.165, 1.54) is 24.3 Å². The topological polar surface area (TPSA) is 81.7 Å². The van der Waals surface area contributed by atoms with Crippen LogP contribution in [0.15, 0.2) is 65.6 Å². The van der Waals surface area contributed by atoms with Crippen LogP contribution >= 0.6 is 11.6 Å². The van der Waals surface area contributed by atoms with Crippen LogP contribution in [0.25, 0.3) is 0 Å². The summed E-state index contributed by atoms with van der Waals surface area (Å²) in [6.07, 6.45) is 0. The summed E-state index contributed by atoms with van der Waals surface area (Å²) in [5, 5.41) is 3.23. The summed E-state index contributed by atoms with van der Waals surface area (Å²) in [6.45, 7) is 3.42. The van der Waals surface area contributed by atoms with Gasteiger partial charge in [-0.2, -0.15) is 8.42 Å². The van der Waals surface area contributed by atoms with Crippen LogP contribution in [-0.2, 0) is 10.1 Å². The number of methoxy groups -OCH3 is 1. The highest BCUT2D eigenvalue weighted by Gasteiger charge is 2.20. The van der Waals surface area contributed by atoms with Gasteiger partial charge in [0.1, 0.15) is 16.4 Å². The molecule has 6 nitrogen and oxygen atoms in total. The number of aryl methyl sites for hydroxylation is 2. The average Bonchev–Trinajstić information content (AvgIpc) is 2.71. The van der Waals surface area contributed by atoms with Crippen LogP contribution in [-0.4, -0.2) is 21.4 Å². The maximum Gasteiger partial charge on any atom is 0.339 e. The normalized spacial score (nSPS) is 11.1. The summed E-state index contributed by atoms with van der Waals surface area (Å²) < 4.78 is 35.6. The Labute approximate surface area is 180 Å². The monoisotopic (exact) mass is 445 g/mol. The molecular weight excluding hydrogens is 426 g/mol. The van der Waals surface area contributed by atoms with Gasteiger partial charge in [0.15, 0.2) is 0 Å². The summed E-state index contributed by atoms with van der Waals surface area (Å²) in [5.74, 6) is 0.577. The number of carbonyl (C=O) groups is 1. The summed E-state index contributed by atoms with van der Waals surface area (Å²) in [5.41, 5.74) is 2.13. The third kappa shape index (κ3) is 4.93. The minimum Gasteiger partial charge on any atom is -0.497 e. The molecule has 0 unspecified atom stereocenters. The van der Waals surface area contributed by atoms with Gasteiger partial charge in [-0.3, -0.25) is 4.79 Å². The van der Waals surface area contributed by atoms with Gasteiger partial charge in [0.05, 0.1) is 7.11 Å². The van der Waals surface area contributed by atoms with Crippen LogP contribution in [0.1, 0.15) is 21.5 Å². The van der Waals surface area contributed by atoms with Gasteiger partial charge in [-0.05, 0) is 85.6 Å². The van der Waals surface area contributed by atoms with E-state index in [4.69, 9.17) is 20.5 Å². The first-order valence-electron chi connectivity index (χ1n) is 8.96. The predicted molar refractivity (Wildman–Crippen MR) is 116 cm³/mol. The Morgan fingerprint density at radius 1 is 0.933 bits per heavy atom. The second kappa shape index (κ2) is 8.77. The predicted octanol–water partition coefficient (Wildman–Crippen LogP) is 4.99. The van der Waals surface area contributed by atoms with E-state index in [1.54, 1.807) is 57.4 Å². The van der Waals surface area contributed by atoms with E-state index < -0.39 is 10.1 Å². The average molecular weight is 446 g/mol. The third-order valence-corrected chi connectivity index (χ3v) is 5.85. The van der Waals surface area contributed by atoms with Crippen molar-refractivity contribution in [3.05, 3.63) is 82.4 Å². The van der Waals surface area contributed by atoms with E-state index in [2.05, 4.69) is 5.32 Å². The Morgan fingerprint density at radius 2 is 1.50 bits per heavy atom. The molecule has 0 spiro atoms. The number of hydrogen-bond donors (Lipinski definition) is 1. The number of halogens is 1. The highest BCUT2D eigenvalue weighted by molar-refractivity contribution is 7.87. The van der Waals surface area contributed by atoms with Crippen molar-refractivity contribution in [2.24, 2.45) is 0 Å². The van der Waals surface area contributed by atoms with Crippen LogP contribution in [0.2, 0.25) is 5.02 Å². The minimum absolute atomic E-state index is 0.00239. The van der Waals surface area contributed by atoms with Crippen LogP contribution in [0, 0.1) is 13.8 Å². The maximum atomic E-state index is 12.6. The molecule has 1 N–H and O–H groups in total. The van der Waals surface area contributed by atoms with Crippen molar-refractivity contribution in [1.82, 2.24) is 0 Å². The standard InChI is InChI=1S/C22H20ClNO5S/c1-14-12-18(24-22(25)16-4-8-19(28-3)9-5-16)13-15(2)21(14)29-30(26,27)20-10-6-17(23)7-11-20/h4-13H,1-3H3,(H,24,25). The maximum absolute atomic E-state index is 12.6. The molecule has 8 heteroatoms. The highest BCUT2D eigenvalue weighted by atomic mass is 35.5. The summed E-state index contributed by atoms with van der Waals surface area (Å²) in [4.78, 5) is 12.5. The fourth-order valence-electron chi connectivity index (χ4n) is 2.86. The Hall–Kier alpha value is -3.03. The number of rotatable bonds is 6. The zero-order valence-corrected chi connectivity index (χ0v) is 18.2. The SMILES string of the molecule is COc1ccc(C(=O)Nc2cc(C)c(OS(=O)(=O)c3ccc(Cl)cc3)c(C)c2)cc1. The third-order valence-electron chi connectivity index (χ3n) is 4.37. The van der Waals surface area contributed by atoms with Gasteiger partial charge in [0.2, 0.25) is 0 Å². The Kier molecular flexibility index (Phi) is 6.34. The second-order valence-corrected chi connectivity index (χ2v) is 8.60. The Balaban J connectivity index is 1.81. The lowest BCUT2D eigenvalue weighted by atomic mass is 10.1. The van der Waals surface area contributed by atoms with Gasteiger partial charge in [0, 0.05) is 16.3 Å². The number of anilines is 1. The van der Waals surface area contributed by atoms with Crippen LogP contribution in [0.4, 0.5) is 5.69 Å². The molecule has 0 radical (unpaired) electrons. The molecule has 0 saturated carbocycles.